The second kappa shape index (κ2) is 15.8. The smallest absolute Gasteiger partial charge is 0.306 e. The van der Waals surface area contributed by atoms with Crippen LogP contribution >= 0.6 is 0 Å². The van der Waals surface area contributed by atoms with E-state index in [2.05, 4.69) is 67.6 Å². The van der Waals surface area contributed by atoms with E-state index in [1.165, 1.54) is 70.6 Å². The highest BCUT2D eigenvalue weighted by Crippen LogP contribution is 2.68. The fourth-order valence-electron chi connectivity index (χ4n) is 11.3. The van der Waals surface area contributed by atoms with E-state index in [0.717, 1.165) is 54.8 Å². The van der Waals surface area contributed by atoms with E-state index in [-0.39, 0.29) is 29.0 Å². The zero-order chi connectivity index (χ0) is 34.6. The van der Waals surface area contributed by atoms with Crippen molar-refractivity contribution in [1.82, 2.24) is 5.32 Å². The molecule has 0 radical (unpaired) electrons. The van der Waals surface area contributed by atoms with Crippen molar-refractivity contribution in [3.05, 3.63) is 0 Å². The van der Waals surface area contributed by atoms with Crippen molar-refractivity contribution in [1.29, 1.82) is 0 Å². The minimum Gasteiger partial charge on any atom is -0.462 e. The molecule has 272 valence electrons. The van der Waals surface area contributed by atoms with E-state index in [0.29, 0.717) is 42.7 Å². The van der Waals surface area contributed by atoms with E-state index in [1.54, 1.807) is 6.92 Å². The summed E-state index contributed by atoms with van der Waals surface area (Å²) < 4.78 is 12.4. The summed E-state index contributed by atoms with van der Waals surface area (Å²) in [5.41, 5.74) is 0.552. The second-order valence-electron chi connectivity index (χ2n) is 19.4. The van der Waals surface area contributed by atoms with Crippen LogP contribution in [-0.2, 0) is 19.1 Å². The molecule has 0 spiro atoms. The lowest BCUT2D eigenvalue weighted by molar-refractivity contribution is -0.164. The summed E-state index contributed by atoms with van der Waals surface area (Å²) >= 11 is 0. The summed E-state index contributed by atoms with van der Waals surface area (Å²) in [4.78, 5) is 24.3. The maximum Gasteiger partial charge on any atom is 0.306 e. The number of carbonyl (C=O) groups is 2. The molecule has 0 bridgehead atoms. The summed E-state index contributed by atoms with van der Waals surface area (Å²) in [6.45, 7) is 23.9. The molecular weight excluding hydrogens is 582 g/mol. The fourth-order valence-corrected chi connectivity index (χ4v) is 11.3. The average molecular weight is 658 g/mol. The molecule has 0 heterocycles. The van der Waals surface area contributed by atoms with E-state index in [9.17, 15) is 9.59 Å². The van der Waals surface area contributed by atoms with Crippen molar-refractivity contribution in [2.24, 2.45) is 57.7 Å². The molecule has 0 aromatic carbocycles. The van der Waals surface area contributed by atoms with Crippen LogP contribution in [0.4, 0.5) is 0 Å². The minimum atomic E-state index is -0.382. The number of fused-ring (bicyclic) bond motifs is 5. The van der Waals surface area contributed by atoms with Gasteiger partial charge >= 0.3 is 5.97 Å². The van der Waals surface area contributed by atoms with Crippen molar-refractivity contribution in [3.8, 4) is 0 Å². The third-order valence-electron chi connectivity index (χ3n) is 14.4. The largest absolute Gasteiger partial charge is 0.462 e. The first-order valence-corrected chi connectivity index (χ1v) is 20.0. The second-order valence-corrected chi connectivity index (χ2v) is 19.4. The van der Waals surface area contributed by atoms with Gasteiger partial charge < -0.3 is 14.8 Å². The topological polar surface area (TPSA) is 64.6 Å². The number of amides is 1. The van der Waals surface area contributed by atoms with Gasteiger partial charge in [-0.3, -0.25) is 9.59 Å². The number of carbonyl (C=O) groups excluding carboxylic acids is 2. The van der Waals surface area contributed by atoms with Crippen LogP contribution in [-0.4, -0.2) is 36.7 Å². The maximum absolute atomic E-state index is 13.0. The molecule has 5 heteroatoms. The Morgan fingerprint density at radius 2 is 1.53 bits per heavy atom. The highest BCUT2D eigenvalue weighted by Gasteiger charge is 2.60. The molecule has 4 aliphatic carbocycles. The third-order valence-corrected chi connectivity index (χ3v) is 14.4. The third kappa shape index (κ3) is 9.78. The van der Waals surface area contributed by atoms with Crippen LogP contribution in [0.25, 0.3) is 0 Å². The summed E-state index contributed by atoms with van der Waals surface area (Å²) in [5, 5.41) is 2.91. The van der Waals surface area contributed by atoms with Crippen LogP contribution in [0.2, 0.25) is 0 Å². The Morgan fingerprint density at radius 3 is 2.23 bits per heavy atom. The number of esters is 1. The van der Waals surface area contributed by atoms with Gasteiger partial charge in [-0.2, -0.15) is 0 Å². The van der Waals surface area contributed by atoms with Gasteiger partial charge in [0.15, 0.2) is 0 Å². The normalized spacial score (nSPS) is 34.7. The van der Waals surface area contributed by atoms with Gasteiger partial charge in [0.25, 0.3) is 0 Å². The summed E-state index contributed by atoms with van der Waals surface area (Å²) in [6.07, 6.45) is 19.5. The minimum absolute atomic E-state index is 0.0000245. The first kappa shape index (κ1) is 38.7. The lowest BCUT2D eigenvalue weighted by Gasteiger charge is -2.61. The molecular formula is C42H75NO4. The average Bonchev–Trinajstić information content (AvgIpc) is 3.34. The van der Waals surface area contributed by atoms with Crippen LogP contribution in [0.1, 0.15) is 172 Å². The van der Waals surface area contributed by atoms with E-state index < -0.39 is 0 Å². The van der Waals surface area contributed by atoms with Gasteiger partial charge in [-0.1, -0.05) is 74.1 Å². The number of hydrogen-bond donors (Lipinski definition) is 1. The lowest BCUT2D eigenvalue weighted by atomic mass is 9.44. The number of unbranched alkanes of at least 4 members (excludes halogenated alkanes) is 1. The van der Waals surface area contributed by atoms with Crippen molar-refractivity contribution in [2.75, 3.05) is 13.2 Å². The fraction of sp³-hybridized carbons (Fsp3) is 0.952. The zero-order valence-electron chi connectivity index (χ0n) is 32.5. The quantitative estimate of drug-likeness (QED) is 0.132. The zero-order valence-corrected chi connectivity index (χ0v) is 32.5. The molecule has 5 nitrogen and oxygen atoms in total. The highest BCUT2D eigenvalue weighted by atomic mass is 16.5. The summed E-state index contributed by atoms with van der Waals surface area (Å²) in [6, 6.07) is 0. The van der Waals surface area contributed by atoms with E-state index >= 15 is 0 Å². The molecule has 1 amide bonds. The molecule has 0 aromatic heterocycles. The lowest BCUT2D eigenvalue weighted by Crippen LogP contribution is -2.54. The molecule has 1 N–H and O–H groups in total. The van der Waals surface area contributed by atoms with E-state index in [4.69, 9.17) is 9.47 Å². The number of hydrogen-bond acceptors (Lipinski definition) is 4. The highest BCUT2D eigenvalue weighted by molar-refractivity contribution is 5.72. The Morgan fingerprint density at radius 1 is 0.851 bits per heavy atom. The maximum atomic E-state index is 13.0. The van der Waals surface area contributed by atoms with Gasteiger partial charge in [-0.15, -0.1) is 0 Å². The van der Waals surface area contributed by atoms with Gasteiger partial charge in [0.05, 0.1) is 5.60 Å². The molecule has 4 saturated carbocycles. The van der Waals surface area contributed by atoms with Crippen LogP contribution in [0.5, 0.6) is 0 Å². The first-order chi connectivity index (χ1) is 22.0. The van der Waals surface area contributed by atoms with Crippen molar-refractivity contribution in [2.45, 2.75) is 184 Å². The van der Waals surface area contributed by atoms with Crippen molar-refractivity contribution < 1.29 is 19.1 Å². The number of nitrogens with one attached hydrogen (secondary N) is 1. The predicted octanol–water partition coefficient (Wildman–Crippen LogP) is 10.5. The molecule has 1 unspecified atom stereocenters. The molecule has 0 aliphatic heterocycles. The molecule has 4 rings (SSSR count). The SMILES string of the molecule is CC(=O)NCC(C)(C)CCOC(C)(C)CCC(=O)O[C@@H]1CC[C@]2(C)C(CC[C@@H]3[C@H]4CC[C@@H]([C@@H](C)CCCCC(C)C)[C@]4(C)CC[C@H]32)C1. The van der Waals surface area contributed by atoms with Gasteiger partial charge in [0, 0.05) is 26.5 Å². The van der Waals surface area contributed by atoms with Gasteiger partial charge in [-0.25, -0.2) is 0 Å². The van der Waals surface area contributed by atoms with Crippen LogP contribution in [0.15, 0.2) is 0 Å². The standard InChI is InChI=1S/C42H75NO4/c1-29(2)13-11-12-14-30(3)35-17-18-36-34-16-15-32-27-33(19-23-41(32,9)37(34)20-24-42(35,36)10)47-38(45)21-22-40(7,8)46-26-25-39(5,6)28-43-31(4)44/h29-30,32-37H,11-28H2,1-10H3,(H,43,44)/t30-,32?,33+,34+,35-,36+,37+,41+,42-/m0/s1. The molecule has 47 heavy (non-hydrogen) atoms. The van der Waals surface area contributed by atoms with Crippen LogP contribution < -0.4 is 5.32 Å². The van der Waals surface area contributed by atoms with Crippen LogP contribution in [0, 0.1) is 57.7 Å². The summed E-state index contributed by atoms with van der Waals surface area (Å²) in [5.74, 6) is 5.95. The monoisotopic (exact) mass is 658 g/mol. The molecule has 0 aromatic rings. The Hall–Kier alpha value is -1.10. The molecule has 4 aliphatic rings. The van der Waals surface area contributed by atoms with Crippen molar-refractivity contribution >= 4 is 11.9 Å². The Labute approximate surface area is 290 Å². The molecule has 4 fully saturated rings. The van der Waals surface area contributed by atoms with Gasteiger partial charge in [-0.05, 0) is 142 Å². The Kier molecular flexibility index (Phi) is 13.0. The Balaban J connectivity index is 1.22. The first-order valence-electron chi connectivity index (χ1n) is 20.0. The van der Waals surface area contributed by atoms with E-state index in [1.807, 2.05) is 0 Å². The summed E-state index contributed by atoms with van der Waals surface area (Å²) in [7, 11) is 0. The van der Waals surface area contributed by atoms with Crippen molar-refractivity contribution in [3.63, 3.8) is 0 Å². The predicted molar refractivity (Wildman–Crippen MR) is 194 cm³/mol. The van der Waals surface area contributed by atoms with Gasteiger partial charge in [0.2, 0.25) is 5.91 Å². The van der Waals surface area contributed by atoms with Crippen LogP contribution in [0.3, 0.4) is 0 Å². The number of rotatable bonds is 16. The molecule has 9 atom stereocenters. The molecule has 0 saturated heterocycles. The Bertz CT molecular complexity index is 1040. The number of ether oxygens (including phenoxy) is 2. The van der Waals surface area contributed by atoms with Gasteiger partial charge in [0.1, 0.15) is 6.10 Å².